The number of piperazine rings is 1. The van der Waals surface area contributed by atoms with Crippen LogP contribution in [0.3, 0.4) is 0 Å². The first-order valence-corrected chi connectivity index (χ1v) is 7.80. The third-order valence-electron chi connectivity index (χ3n) is 3.99. The van der Waals surface area contributed by atoms with Gasteiger partial charge < -0.3 is 24.6 Å². The number of hydrogen-bond donors (Lipinski definition) is 1. The van der Waals surface area contributed by atoms with Crippen molar-refractivity contribution in [3.63, 3.8) is 0 Å². The number of nitrogens with one attached hydrogen (secondary N) is 1. The van der Waals surface area contributed by atoms with E-state index in [-0.39, 0.29) is 0 Å². The number of hydrogen-bond acceptors (Lipinski definition) is 4. The van der Waals surface area contributed by atoms with Crippen molar-refractivity contribution < 1.29 is 9.47 Å². The molecular weight excluding hydrogens is 286 g/mol. The zero-order chi connectivity index (χ0) is 14.7. The SMILES string of the molecule is CCN1CCN(C(=S)NCc2ccc3c(c2)OCO3)CC1. The maximum atomic E-state index is 5.49. The molecule has 0 bridgehead atoms. The number of benzene rings is 1. The van der Waals surface area contributed by atoms with E-state index in [2.05, 4.69) is 22.0 Å². The van der Waals surface area contributed by atoms with E-state index in [0.717, 1.165) is 54.9 Å². The minimum atomic E-state index is 0.312. The molecule has 21 heavy (non-hydrogen) atoms. The molecule has 1 fully saturated rings. The largest absolute Gasteiger partial charge is 0.454 e. The molecule has 5 nitrogen and oxygen atoms in total. The summed E-state index contributed by atoms with van der Waals surface area (Å²) in [5.74, 6) is 1.63. The Kier molecular flexibility index (Phi) is 4.45. The van der Waals surface area contributed by atoms with Gasteiger partial charge in [0.15, 0.2) is 16.6 Å². The van der Waals surface area contributed by atoms with Crippen LogP contribution in [0.15, 0.2) is 18.2 Å². The van der Waals surface area contributed by atoms with Crippen LogP contribution in [0.5, 0.6) is 11.5 Å². The van der Waals surface area contributed by atoms with E-state index >= 15 is 0 Å². The summed E-state index contributed by atoms with van der Waals surface area (Å²) in [6.45, 7) is 8.51. The van der Waals surface area contributed by atoms with Gasteiger partial charge in [-0.05, 0) is 36.5 Å². The van der Waals surface area contributed by atoms with Gasteiger partial charge in [0.2, 0.25) is 6.79 Å². The maximum Gasteiger partial charge on any atom is 0.231 e. The number of fused-ring (bicyclic) bond motifs is 1. The molecule has 0 saturated carbocycles. The molecule has 114 valence electrons. The predicted molar refractivity (Wildman–Crippen MR) is 85.7 cm³/mol. The first-order chi connectivity index (χ1) is 10.3. The van der Waals surface area contributed by atoms with Crippen LogP contribution < -0.4 is 14.8 Å². The molecule has 2 heterocycles. The Labute approximate surface area is 130 Å². The van der Waals surface area contributed by atoms with Crippen LogP contribution in [-0.2, 0) is 6.54 Å². The predicted octanol–water partition coefficient (Wildman–Crippen LogP) is 1.43. The summed E-state index contributed by atoms with van der Waals surface area (Å²) in [6, 6.07) is 5.99. The lowest BCUT2D eigenvalue weighted by atomic mass is 10.2. The average Bonchev–Trinajstić information content (AvgIpc) is 3.00. The number of ether oxygens (including phenoxy) is 2. The summed E-state index contributed by atoms with van der Waals surface area (Å²) < 4.78 is 10.7. The Morgan fingerprint density at radius 2 is 1.95 bits per heavy atom. The molecule has 2 aliphatic rings. The minimum Gasteiger partial charge on any atom is -0.454 e. The molecule has 2 aliphatic heterocycles. The van der Waals surface area contributed by atoms with Crippen molar-refractivity contribution >= 4 is 17.3 Å². The van der Waals surface area contributed by atoms with Crippen molar-refractivity contribution in [3.05, 3.63) is 23.8 Å². The van der Waals surface area contributed by atoms with Gasteiger partial charge in [0.1, 0.15) is 0 Å². The van der Waals surface area contributed by atoms with E-state index < -0.39 is 0 Å². The van der Waals surface area contributed by atoms with Crippen molar-refractivity contribution in [1.82, 2.24) is 15.1 Å². The van der Waals surface area contributed by atoms with Gasteiger partial charge in [-0.15, -0.1) is 0 Å². The fourth-order valence-corrected chi connectivity index (χ4v) is 2.86. The van der Waals surface area contributed by atoms with E-state index in [9.17, 15) is 0 Å². The van der Waals surface area contributed by atoms with Gasteiger partial charge in [0, 0.05) is 32.7 Å². The van der Waals surface area contributed by atoms with Crippen LogP contribution in [0.2, 0.25) is 0 Å². The van der Waals surface area contributed by atoms with Crippen LogP contribution in [0.4, 0.5) is 0 Å². The molecule has 0 aliphatic carbocycles. The van der Waals surface area contributed by atoms with Crippen molar-refractivity contribution in [3.8, 4) is 11.5 Å². The minimum absolute atomic E-state index is 0.312. The maximum absolute atomic E-state index is 5.49. The topological polar surface area (TPSA) is 37.0 Å². The Bertz CT molecular complexity index is 516. The summed E-state index contributed by atoms with van der Waals surface area (Å²) in [4.78, 5) is 4.69. The van der Waals surface area contributed by atoms with Crippen LogP contribution in [-0.4, -0.2) is 54.4 Å². The van der Waals surface area contributed by atoms with Gasteiger partial charge in [-0.2, -0.15) is 0 Å². The molecule has 0 radical (unpaired) electrons. The lowest BCUT2D eigenvalue weighted by molar-refractivity contribution is 0.174. The monoisotopic (exact) mass is 307 g/mol. The molecule has 3 rings (SSSR count). The molecule has 0 spiro atoms. The molecule has 1 aromatic rings. The normalized spacial score (nSPS) is 17.9. The molecule has 6 heteroatoms. The third kappa shape index (κ3) is 3.39. The summed E-state index contributed by atoms with van der Waals surface area (Å²) in [6.07, 6.45) is 0. The average molecular weight is 307 g/mol. The molecule has 0 amide bonds. The molecule has 0 aromatic heterocycles. The second kappa shape index (κ2) is 6.49. The Hall–Kier alpha value is -1.53. The van der Waals surface area contributed by atoms with Crippen LogP contribution >= 0.6 is 12.2 Å². The van der Waals surface area contributed by atoms with E-state index in [1.165, 1.54) is 0 Å². The van der Waals surface area contributed by atoms with Crippen molar-refractivity contribution in [2.24, 2.45) is 0 Å². The molecule has 0 unspecified atom stereocenters. The van der Waals surface area contributed by atoms with E-state index in [1.54, 1.807) is 0 Å². The Balaban J connectivity index is 1.50. The van der Waals surface area contributed by atoms with Crippen molar-refractivity contribution in [2.75, 3.05) is 39.5 Å². The van der Waals surface area contributed by atoms with E-state index in [4.69, 9.17) is 21.7 Å². The van der Waals surface area contributed by atoms with Gasteiger partial charge in [0.05, 0.1) is 0 Å². The first kappa shape index (κ1) is 14.4. The summed E-state index contributed by atoms with van der Waals surface area (Å²) in [7, 11) is 0. The standard InChI is InChI=1S/C15H21N3O2S/c1-2-17-5-7-18(8-6-17)15(21)16-10-12-3-4-13-14(9-12)20-11-19-13/h3-4,9H,2,5-8,10-11H2,1H3,(H,16,21). The highest BCUT2D eigenvalue weighted by Crippen LogP contribution is 2.32. The summed E-state index contributed by atoms with van der Waals surface area (Å²) in [5.41, 5.74) is 1.15. The lowest BCUT2D eigenvalue weighted by Crippen LogP contribution is -2.51. The highest BCUT2D eigenvalue weighted by atomic mass is 32.1. The Morgan fingerprint density at radius 1 is 1.19 bits per heavy atom. The third-order valence-corrected chi connectivity index (χ3v) is 4.39. The Morgan fingerprint density at radius 3 is 2.71 bits per heavy atom. The van der Waals surface area contributed by atoms with Crippen molar-refractivity contribution in [2.45, 2.75) is 13.5 Å². The smallest absolute Gasteiger partial charge is 0.231 e. The van der Waals surface area contributed by atoms with Gasteiger partial charge in [-0.1, -0.05) is 13.0 Å². The second-order valence-corrected chi connectivity index (χ2v) is 5.65. The number of rotatable bonds is 3. The van der Waals surface area contributed by atoms with Gasteiger partial charge in [-0.3, -0.25) is 0 Å². The van der Waals surface area contributed by atoms with Crippen LogP contribution in [0, 0.1) is 0 Å². The van der Waals surface area contributed by atoms with Gasteiger partial charge in [-0.25, -0.2) is 0 Å². The van der Waals surface area contributed by atoms with Crippen molar-refractivity contribution in [1.29, 1.82) is 0 Å². The molecule has 1 N–H and O–H groups in total. The number of thiocarbonyl (C=S) groups is 1. The highest BCUT2D eigenvalue weighted by Gasteiger charge is 2.18. The lowest BCUT2D eigenvalue weighted by Gasteiger charge is -2.35. The fourth-order valence-electron chi connectivity index (χ4n) is 2.61. The zero-order valence-electron chi connectivity index (χ0n) is 12.3. The zero-order valence-corrected chi connectivity index (χ0v) is 13.1. The quantitative estimate of drug-likeness (QED) is 0.852. The molecule has 1 saturated heterocycles. The van der Waals surface area contributed by atoms with E-state index in [0.29, 0.717) is 13.3 Å². The summed E-state index contributed by atoms with van der Waals surface area (Å²) >= 11 is 5.49. The number of likely N-dealkylation sites (N-methyl/N-ethyl adjacent to an activating group) is 1. The molecule has 1 aromatic carbocycles. The second-order valence-electron chi connectivity index (χ2n) is 5.27. The van der Waals surface area contributed by atoms with Crippen LogP contribution in [0.1, 0.15) is 12.5 Å². The fraction of sp³-hybridized carbons (Fsp3) is 0.533. The first-order valence-electron chi connectivity index (χ1n) is 7.40. The van der Waals surface area contributed by atoms with Gasteiger partial charge in [0.25, 0.3) is 0 Å². The van der Waals surface area contributed by atoms with Gasteiger partial charge >= 0.3 is 0 Å². The summed E-state index contributed by atoms with van der Waals surface area (Å²) in [5, 5.41) is 4.17. The van der Waals surface area contributed by atoms with Crippen LogP contribution in [0.25, 0.3) is 0 Å². The molecular formula is C15H21N3O2S. The molecule has 0 atom stereocenters. The number of nitrogens with zero attached hydrogens (tertiary/aromatic N) is 2. The highest BCUT2D eigenvalue weighted by molar-refractivity contribution is 7.80. The van der Waals surface area contributed by atoms with E-state index in [1.807, 2.05) is 18.2 Å².